The number of aromatic nitrogens is 1. The Morgan fingerprint density at radius 2 is 2.30 bits per heavy atom. The summed E-state index contributed by atoms with van der Waals surface area (Å²) in [5.41, 5.74) is 2.37. The van der Waals surface area contributed by atoms with E-state index in [9.17, 15) is 0 Å². The minimum Gasteiger partial charge on any atom is -0.469 e. The second-order valence-corrected chi connectivity index (χ2v) is 8.05. The third-order valence-corrected chi connectivity index (χ3v) is 6.46. The Bertz CT molecular complexity index is 709. The number of ether oxygens (including phenoxy) is 1. The van der Waals surface area contributed by atoms with E-state index in [1.165, 1.54) is 36.4 Å². The third kappa shape index (κ3) is 2.34. The molecule has 4 nitrogen and oxygen atoms in total. The maximum Gasteiger partial charge on any atom is 0.217 e. The van der Waals surface area contributed by atoms with E-state index in [0.29, 0.717) is 5.92 Å². The van der Waals surface area contributed by atoms with Crippen molar-refractivity contribution in [3.8, 4) is 5.88 Å². The van der Waals surface area contributed by atoms with Crippen LogP contribution in [-0.2, 0) is 13.0 Å². The van der Waals surface area contributed by atoms with Gasteiger partial charge in [-0.25, -0.2) is 4.98 Å². The number of nitrogens with zero attached hydrogens (tertiary/aromatic N) is 2. The summed E-state index contributed by atoms with van der Waals surface area (Å²) < 4.78 is 6.40. The fourth-order valence-electron chi connectivity index (χ4n) is 4.41. The van der Waals surface area contributed by atoms with Gasteiger partial charge in [-0.3, -0.25) is 4.90 Å². The molecule has 6 heterocycles. The van der Waals surface area contributed by atoms with Crippen LogP contribution >= 0.6 is 11.3 Å². The van der Waals surface area contributed by atoms with Gasteiger partial charge in [0.1, 0.15) is 5.60 Å². The predicted molar refractivity (Wildman–Crippen MR) is 92.1 cm³/mol. The Labute approximate surface area is 140 Å². The first-order valence-electron chi connectivity index (χ1n) is 8.47. The lowest BCUT2D eigenvalue weighted by Crippen LogP contribution is -2.61. The lowest BCUT2D eigenvalue weighted by molar-refractivity contribution is -0.0814. The summed E-state index contributed by atoms with van der Waals surface area (Å²) in [6.07, 6.45) is 5.48. The van der Waals surface area contributed by atoms with E-state index in [-0.39, 0.29) is 5.60 Å². The highest BCUT2D eigenvalue weighted by atomic mass is 32.1. The van der Waals surface area contributed by atoms with Crippen molar-refractivity contribution in [2.75, 3.05) is 25.0 Å². The summed E-state index contributed by atoms with van der Waals surface area (Å²) in [6.45, 7) is 4.42. The first-order chi connectivity index (χ1) is 11.3. The van der Waals surface area contributed by atoms with Gasteiger partial charge in [0.25, 0.3) is 0 Å². The first-order valence-corrected chi connectivity index (χ1v) is 9.35. The summed E-state index contributed by atoms with van der Waals surface area (Å²) in [4.78, 5) is 8.49. The average molecular weight is 327 g/mol. The molecule has 2 bridgehead atoms. The third-order valence-electron chi connectivity index (χ3n) is 5.58. The minimum atomic E-state index is -0.00178. The van der Waals surface area contributed by atoms with Gasteiger partial charge >= 0.3 is 0 Å². The SMILES string of the molecule is c1csc(CNc2cnc3c(c2)C[C@@]2(CN4CCC2CC4)O3)c1. The van der Waals surface area contributed by atoms with Gasteiger partial charge in [-0.05, 0) is 43.4 Å². The van der Waals surface area contributed by atoms with E-state index in [4.69, 9.17) is 4.74 Å². The number of pyridine rings is 1. The molecule has 3 saturated heterocycles. The molecule has 2 aromatic heterocycles. The average Bonchev–Trinajstić information content (AvgIpc) is 3.20. The molecule has 0 unspecified atom stereocenters. The molecule has 3 fully saturated rings. The smallest absolute Gasteiger partial charge is 0.217 e. The summed E-state index contributed by atoms with van der Waals surface area (Å²) in [5, 5.41) is 5.60. The lowest BCUT2D eigenvalue weighted by Gasteiger charge is -2.50. The number of rotatable bonds is 3. The standard InChI is InChI=1S/C18H21N3OS/c1-2-16(23-7-1)11-19-15-8-13-9-18(22-17(13)20-10-15)12-21-5-3-14(18)4-6-21/h1-2,7-8,10,14,19H,3-6,9,11-12H2/t18-/m0/s1. The molecule has 120 valence electrons. The Morgan fingerprint density at radius 1 is 1.39 bits per heavy atom. The zero-order chi connectivity index (χ0) is 15.3. The molecule has 2 aromatic rings. The van der Waals surface area contributed by atoms with Crippen LogP contribution in [-0.4, -0.2) is 35.1 Å². The van der Waals surface area contributed by atoms with E-state index >= 15 is 0 Å². The van der Waals surface area contributed by atoms with Crippen LogP contribution in [0.5, 0.6) is 5.88 Å². The highest BCUT2D eigenvalue weighted by Crippen LogP contribution is 2.46. The summed E-state index contributed by atoms with van der Waals surface area (Å²) in [7, 11) is 0. The zero-order valence-electron chi connectivity index (χ0n) is 13.1. The van der Waals surface area contributed by atoms with Gasteiger partial charge in [0.05, 0.1) is 11.9 Å². The van der Waals surface area contributed by atoms with Crippen LogP contribution in [0.25, 0.3) is 0 Å². The van der Waals surface area contributed by atoms with E-state index in [0.717, 1.165) is 31.1 Å². The van der Waals surface area contributed by atoms with Crippen LogP contribution in [0.4, 0.5) is 5.69 Å². The van der Waals surface area contributed by atoms with Crippen molar-refractivity contribution >= 4 is 17.0 Å². The molecule has 4 aliphatic rings. The van der Waals surface area contributed by atoms with Gasteiger partial charge in [0.2, 0.25) is 5.88 Å². The number of thiophene rings is 1. The molecule has 4 aliphatic heterocycles. The molecule has 23 heavy (non-hydrogen) atoms. The summed E-state index contributed by atoms with van der Waals surface area (Å²) in [5.74, 6) is 1.56. The van der Waals surface area contributed by atoms with Gasteiger partial charge in [-0.2, -0.15) is 0 Å². The zero-order valence-corrected chi connectivity index (χ0v) is 13.9. The molecule has 0 saturated carbocycles. The van der Waals surface area contributed by atoms with E-state index in [1.54, 1.807) is 11.3 Å². The lowest BCUT2D eigenvalue weighted by atomic mass is 9.73. The fourth-order valence-corrected chi connectivity index (χ4v) is 5.05. The second kappa shape index (κ2) is 5.21. The summed E-state index contributed by atoms with van der Waals surface area (Å²) in [6, 6.07) is 6.49. The van der Waals surface area contributed by atoms with Gasteiger partial charge in [0, 0.05) is 35.9 Å². The van der Waals surface area contributed by atoms with Gasteiger partial charge in [-0.1, -0.05) is 6.07 Å². The Kier molecular flexibility index (Phi) is 3.13. The Morgan fingerprint density at radius 3 is 3.04 bits per heavy atom. The maximum atomic E-state index is 6.40. The van der Waals surface area contributed by atoms with Crippen LogP contribution in [0.3, 0.4) is 0 Å². The normalized spacial score (nSPS) is 31.1. The number of hydrogen-bond donors (Lipinski definition) is 1. The van der Waals surface area contributed by atoms with E-state index in [1.807, 2.05) is 6.20 Å². The highest BCUT2D eigenvalue weighted by molar-refractivity contribution is 7.09. The molecule has 1 atom stereocenters. The largest absolute Gasteiger partial charge is 0.469 e. The summed E-state index contributed by atoms with van der Waals surface area (Å²) >= 11 is 1.78. The van der Waals surface area contributed by atoms with Crippen LogP contribution in [0, 0.1) is 5.92 Å². The molecule has 0 amide bonds. The molecule has 5 heteroatoms. The number of piperidine rings is 3. The Hall–Kier alpha value is -1.59. The van der Waals surface area contributed by atoms with E-state index < -0.39 is 0 Å². The second-order valence-electron chi connectivity index (χ2n) is 7.02. The Balaban J connectivity index is 1.34. The predicted octanol–water partition coefficient (Wildman–Crippen LogP) is 3.15. The van der Waals surface area contributed by atoms with Crippen molar-refractivity contribution in [2.45, 2.75) is 31.4 Å². The molecule has 1 spiro atoms. The van der Waals surface area contributed by atoms with Crippen molar-refractivity contribution in [3.63, 3.8) is 0 Å². The van der Waals surface area contributed by atoms with Crippen LogP contribution in [0.15, 0.2) is 29.8 Å². The highest BCUT2D eigenvalue weighted by Gasteiger charge is 2.52. The van der Waals surface area contributed by atoms with Gasteiger partial charge in [0.15, 0.2) is 0 Å². The molecular weight excluding hydrogens is 306 g/mol. The van der Waals surface area contributed by atoms with Crippen molar-refractivity contribution in [3.05, 3.63) is 40.2 Å². The van der Waals surface area contributed by atoms with Crippen LogP contribution in [0.1, 0.15) is 23.3 Å². The quantitative estimate of drug-likeness (QED) is 0.940. The number of nitrogens with one attached hydrogen (secondary N) is 1. The fraction of sp³-hybridized carbons (Fsp3) is 0.500. The van der Waals surface area contributed by atoms with Gasteiger partial charge < -0.3 is 10.1 Å². The first kappa shape index (κ1) is 13.8. The molecule has 1 N–H and O–H groups in total. The molecule has 6 rings (SSSR count). The number of hydrogen-bond acceptors (Lipinski definition) is 5. The van der Waals surface area contributed by atoms with Crippen molar-refractivity contribution in [1.29, 1.82) is 0 Å². The van der Waals surface area contributed by atoms with Gasteiger partial charge in [-0.15, -0.1) is 11.3 Å². The van der Waals surface area contributed by atoms with Crippen molar-refractivity contribution in [1.82, 2.24) is 9.88 Å². The maximum absolute atomic E-state index is 6.40. The van der Waals surface area contributed by atoms with E-state index in [2.05, 4.69) is 38.8 Å². The van der Waals surface area contributed by atoms with Crippen molar-refractivity contribution < 1.29 is 4.74 Å². The molecule has 0 radical (unpaired) electrons. The number of fused-ring (bicyclic) bond motifs is 3. The molecular formula is C18H21N3OS. The topological polar surface area (TPSA) is 37.4 Å². The minimum absolute atomic E-state index is 0.00178. The molecule has 0 aromatic carbocycles. The number of anilines is 1. The monoisotopic (exact) mass is 327 g/mol. The van der Waals surface area contributed by atoms with Crippen LogP contribution < -0.4 is 10.1 Å². The molecule has 0 aliphatic carbocycles. The van der Waals surface area contributed by atoms with Crippen LogP contribution in [0.2, 0.25) is 0 Å². The van der Waals surface area contributed by atoms with Crippen molar-refractivity contribution in [2.24, 2.45) is 5.92 Å².